The van der Waals surface area contributed by atoms with Crippen LogP contribution in [0.3, 0.4) is 0 Å². The van der Waals surface area contributed by atoms with Crippen LogP contribution in [0, 0.1) is 0 Å². The molecule has 0 bridgehead atoms. The van der Waals surface area contributed by atoms with E-state index in [1.54, 1.807) is 32.4 Å². The first kappa shape index (κ1) is 15.1. The maximum absolute atomic E-state index is 12.7. The van der Waals surface area contributed by atoms with E-state index in [4.69, 9.17) is 9.47 Å². The minimum atomic E-state index is -2.46. The average molecular weight is 293 g/mol. The standard InChI is InChI=1S/C16H17F2NO2/c1-20-14-7-13(8-15(9-14)21-2)19-10-11-4-3-5-12(6-11)16(17)18/h3-9,16,19H,10H2,1-2H3. The van der Waals surface area contributed by atoms with Crippen molar-refractivity contribution in [2.24, 2.45) is 0 Å². The third-order valence-corrected chi connectivity index (χ3v) is 3.05. The summed E-state index contributed by atoms with van der Waals surface area (Å²) in [6.45, 7) is 0.441. The summed E-state index contributed by atoms with van der Waals surface area (Å²) in [5.41, 5.74) is 1.61. The van der Waals surface area contributed by atoms with E-state index in [2.05, 4.69) is 5.32 Å². The van der Waals surface area contributed by atoms with Gasteiger partial charge in [0.1, 0.15) is 11.5 Å². The molecule has 0 fully saturated rings. The number of methoxy groups -OCH3 is 2. The molecule has 0 spiro atoms. The van der Waals surface area contributed by atoms with E-state index < -0.39 is 6.43 Å². The Morgan fingerprint density at radius 1 is 1.00 bits per heavy atom. The normalized spacial score (nSPS) is 10.5. The van der Waals surface area contributed by atoms with E-state index in [1.807, 2.05) is 12.1 Å². The lowest BCUT2D eigenvalue weighted by Gasteiger charge is -2.11. The fraction of sp³-hybridized carbons (Fsp3) is 0.250. The van der Waals surface area contributed by atoms with Crippen molar-refractivity contribution in [2.75, 3.05) is 19.5 Å². The second-order valence-corrected chi connectivity index (χ2v) is 4.50. The van der Waals surface area contributed by atoms with Gasteiger partial charge in [-0.3, -0.25) is 0 Å². The summed E-state index contributed by atoms with van der Waals surface area (Å²) in [6, 6.07) is 11.8. The Kier molecular flexibility index (Phi) is 4.98. The van der Waals surface area contributed by atoms with Crippen LogP contribution in [-0.2, 0) is 6.54 Å². The molecule has 112 valence electrons. The Hall–Kier alpha value is -2.30. The van der Waals surface area contributed by atoms with E-state index in [9.17, 15) is 8.78 Å². The van der Waals surface area contributed by atoms with Gasteiger partial charge in [-0.1, -0.05) is 18.2 Å². The molecule has 0 aromatic heterocycles. The lowest BCUT2D eigenvalue weighted by Crippen LogP contribution is -2.01. The highest BCUT2D eigenvalue weighted by molar-refractivity contribution is 5.54. The topological polar surface area (TPSA) is 30.5 Å². The lowest BCUT2D eigenvalue weighted by atomic mass is 10.1. The Bertz CT molecular complexity index is 580. The van der Waals surface area contributed by atoms with Crippen molar-refractivity contribution in [3.05, 3.63) is 53.6 Å². The SMILES string of the molecule is COc1cc(NCc2cccc(C(F)F)c2)cc(OC)c1. The number of ether oxygens (including phenoxy) is 2. The van der Waals surface area contributed by atoms with Crippen LogP contribution in [0.4, 0.5) is 14.5 Å². The lowest BCUT2D eigenvalue weighted by molar-refractivity contribution is 0.151. The quantitative estimate of drug-likeness (QED) is 0.863. The van der Waals surface area contributed by atoms with Gasteiger partial charge in [0.2, 0.25) is 0 Å². The number of nitrogens with one attached hydrogen (secondary N) is 1. The van der Waals surface area contributed by atoms with Gasteiger partial charge in [-0.05, 0) is 11.6 Å². The fourth-order valence-corrected chi connectivity index (χ4v) is 1.95. The van der Waals surface area contributed by atoms with E-state index in [-0.39, 0.29) is 5.56 Å². The van der Waals surface area contributed by atoms with Crippen molar-refractivity contribution in [3.63, 3.8) is 0 Å². The number of anilines is 1. The van der Waals surface area contributed by atoms with E-state index >= 15 is 0 Å². The molecule has 21 heavy (non-hydrogen) atoms. The summed E-state index contributed by atoms with van der Waals surface area (Å²) >= 11 is 0. The highest BCUT2D eigenvalue weighted by atomic mass is 19.3. The summed E-state index contributed by atoms with van der Waals surface area (Å²) in [4.78, 5) is 0. The molecule has 0 radical (unpaired) electrons. The van der Waals surface area contributed by atoms with Gasteiger partial charge in [0.25, 0.3) is 6.43 Å². The third kappa shape index (κ3) is 4.08. The monoisotopic (exact) mass is 293 g/mol. The van der Waals surface area contributed by atoms with Gasteiger partial charge >= 0.3 is 0 Å². The third-order valence-electron chi connectivity index (χ3n) is 3.05. The molecule has 0 heterocycles. The first-order valence-electron chi connectivity index (χ1n) is 6.46. The van der Waals surface area contributed by atoms with Gasteiger partial charge in [0, 0.05) is 36.0 Å². The Morgan fingerprint density at radius 2 is 1.67 bits per heavy atom. The zero-order valence-electron chi connectivity index (χ0n) is 11.9. The number of benzene rings is 2. The number of alkyl halides is 2. The summed E-state index contributed by atoms with van der Waals surface area (Å²) in [6.07, 6.45) is -2.46. The molecule has 0 unspecified atom stereocenters. The molecule has 0 saturated heterocycles. The van der Waals surface area contributed by atoms with Gasteiger partial charge in [-0.2, -0.15) is 0 Å². The zero-order valence-corrected chi connectivity index (χ0v) is 11.9. The molecular formula is C16H17F2NO2. The highest BCUT2D eigenvalue weighted by Crippen LogP contribution is 2.26. The number of rotatable bonds is 6. The molecule has 0 aliphatic carbocycles. The summed E-state index contributed by atoms with van der Waals surface area (Å²) in [5, 5.41) is 3.17. The predicted molar refractivity (Wildman–Crippen MR) is 78.3 cm³/mol. The van der Waals surface area contributed by atoms with Crippen molar-refractivity contribution in [1.29, 1.82) is 0 Å². The van der Waals surface area contributed by atoms with E-state index in [1.165, 1.54) is 12.1 Å². The van der Waals surface area contributed by atoms with Crippen LogP contribution in [0.1, 0.15) is 17.6 Å². The van der Waals surface area contributed by atoms with Crippen LogP contribution >= 0.6 is 0 Å². The summed E-state index contributed by atoms with van der Waals surface area (Å²) in [5.74, 6) is 1.33. The van der Waals surface area contributed by atoms with Crippen LogP contribution in [0.25, 0.3) is 0 Å². The first-order valence-corrected chi connectivity index (χ1v) is 6.46. The number of halogens is 2. The number of hydrogen-bond acceptors (Lipinski definition) is 3. The maximum Gasteiger partial charge on any atom is 0.263 e. The van der Waals surface area contributed by atoms with E-state index in [0.717, 1.165) is 11.3 Å². The van der Waals surface area contributed by atoms with Crippen molar-refractivity contribution in [3.8, 4) is 11.5 Å². The fourth-order valence-electron chi connectivity index (χ4n) is 1.95. The van der Waals surface area contributed by atoms with Crippen LogP contribution < -0.4 is 14.8 Å². The number of hydrogen-bond donors (Lipinski definition) is 1. The van der Waals surface area contributed by atoms with Crippen LogP contribution in [0.2, 0.25) is 0 Å². The maximum atomic E-state index is 12.7. The molecule has 2 rings (SSSR count). The van der Waals surface area contributed by atoms with Gasteiger partial charge < -0.3 is 14.8 Å². The molecule has 3 nitrogen and oxygen atoms in total. The minimum absolute atomic E-state index is 0.0255. The Labute approximate surface area is 122 Å². The smallest absolute Gasteiger partial charge is 0.263 e. The molecular weight excluding hydrogens is 276 g/mol. The molecule has 5 heteroatoms. The molecule has 0 aliphatic heterocycles. The van der Waals surface area contributed by atoms with Crippen molar-refractivity contribution in [1.82, 2.24) is 0 Å². The average Bonchev–Trinajstić information content (AvgIpc) is 2.52. The largest absolute Gasteiger partial charge is 0.497 e. The Morgan fingerprint density at radius 3 is 2.24 bits per heavy atom. The molecule has 0 atom stereocenters. The zero-order chi connectivity index (χ0) is 15.2. The van der Waals surface area contributed by atoms with E-state index in [0.29, 0.717) is 18.0 Å². The molecule has 2 aromatic rings. The van der Waals surface area contributed by atoms with Crippen molar-refractivity contribution in [2.45, 2.75) is 13.0 Å². The summed E-state index contributed by atoms with van der Waals surface area (Å²) in [7, 11) is 3.15. The first-order chi connectivity index (χ1) is 10.1. The van der Waals surface area contributed by atoms with Crippen LogP contribution in [0.5, 0.6) is 11.5 Å². The molecule has 2 aromatic carbocycles. The molecule has 1 N–H and O–H groups in total. The second-order valence-electron chi connectivity index (χ2n) is 4.50. The van der Waals surface area contributed by atoms with Gasteiger partial charge in [-0.15, -0.1) is 0 Å². The molecule has 0 amide bonds. The van der Waals surface area contributed by atoms with Crippen LogP contribution in [0.15, 0.2) is 42.5 Å². The summed E-state index contributed by atoms with van der Waals surface area (Å²) < 4.78 is 35.7. The highest BCUT2D eigenvalue weighted by Gasteiger charge is 2.07. The van der Waals surface area contributed by atoms with Gasteiger partial charge in [0.15, 0.2) is 0 Å². The Balaban J connectivity index is 2.10. The van der Waals surface area contributed by atoms with Gasteiger partial charge in [-0.25, -0.2) is 8.78 Å². The molecule has 0 aliphatic rings. The second kappa shape index (κ2) is 6.92. The van der Waals surface area contributed by atoms with Crippen molar-refractivity contribution >= 4 is 5.69 Å². The predicted octanol–water partition coefficient (Wildman–Crippen LogP) is 4.25. The van der Waals surface area contributed by atoms with Gasteiger partial charge in [0.05, 0.1) is 14.2 Å². The molecule has 0 saturated carbocycles. The van der Waals surface area contributed by atoms with Crippen LogP contribution in [-0.4, -0.2) is 14.2 Å². The minimum Gasteiger partial charge on any atom is -0.497 e. The van der Waals surface area contributed by atoms with Crippen molar-refractivity contribution < 1.29 is 18.3 Å².